The van der Waals surface area contributed by atoms with E-state index >= 15 is 0 Å². The van der Waals surface area contributed by atoms with Crippen molar-refractivity contribution in [3.63, 3.8) is 0 Å². The Hall–Kier alpha value is -2.21. The predicted molar refractivity (Wildman–Crippen MR) is 105 cm³/mol. The number of carbonyl (C=O) groups is 1. The van der Waals surface area contributed by atoms with E-state index in [0.717, 1.165) is 0 Å². The lowest BCUT2D eigenvalue weighted by atomic mass is 9.91. The van der Waals surface area contributed by atoms with E-state index in [1.165, 1.54) is 16.7 Å². The molecule has 0 spiro atoms. The van der Waals surface area contributed by atoms with Crippen LogP contribution in [0.5, 0.6) is 0 Å². The molecule has 1 fully saturated rings. The summed E-state index contributed by atoms with van der Waals surface area (Å²) in [7, 11) is 2.03. The molecule has 0 bridgehead atoms. The molecule has 1 amide bonds. The summed E-state index contributed by atoms with van der Waals surface area (Å²) in [6.07, 6.45) is 0.845. The zero-order valence-corrected chi connectivity index (χ0v) is 15.7. The van der Waals surface area contributed by atoms with Gasteiger partial charge in [0.1, 0.15) is 5.54 Å². The molecule has 1 saturated heterocycles. The molecular weight excluding hydrogens is 338 g/mol. The van der Waals surface area contributed by atoms with Gasteiger partial charge in [0.15, 0.2) is 0 Å². The molecule has 1 aliphatic carbocycles. The van der Waals surface area contributed by atoms with Crippen molar-refractivity contribution in [2.75, 3.05) is 20.1 Å². The van der Waals surface area contributed by atoms with Gasteiger partial charge in [-0.25, -0.2) is 0 Å². The Morgan fingerprint density at radius 3 is 2.33 bits per heavy atom. The Morgan fingerprint density at radius 1 is 1.11 bits per heavy atom. The number of hydrogen-bond acceptors (Lipinski definition) is 4. The molecule has 0 saturated carbocycles. The van der Waals surface area contributed by atoms with Gasteiger partial charge < -0.3 is 15.7 Å². The average Bonchev–Trinajstić information content (AvgIpc) is 3.27. The van der Waals surface area contributed by atoms with E-state index < -0.39 is 11.6 Å². The minimum Gasteiger partial charge on any atom is -0.390 e. The molecule has 5 nitrogen and oxygen atoms in total. The highest BCUT2D eigenvalue weighted by molar-refractivity contribution is 5.88. The number of nitrogens with zero attached hydrogens (tertiary/aromatic N) is 1. The number of nitrogens with one attached hydrogen (secondary N) is 2. The van der Waals surface area contributed by atoms with E-state index in [1.807, 2.05) is 37.4 Å². The van der Waals surface area contributed by atoms with Gasteiger partial charge in [0, 0.05) is 32.5 Å². The predicted octanol–water partition coefficient (Wildman–Crippen LogP) is 1.10. The molecule has 2 aliphatic rings. The highest BCUT2D eigenvalue weighted by atomic mass is 16.3. The number of aliphatic hydroxyl groups excluding tert-OH is 1. The van der Waals surface area contributed by atoms with Gasteiger partial charge in [-0.15, -0.1) is 0 Å². The van der Waals surface area contributed by atoms with Crippen LogP contribution in [0.4, 0.5) is 0 Å². The van der Waals surface area contributed by atoms with Crippen LogP contribution >= 0.6 is 0 Å². The third kappa shape index (κ3) is 3.50. The monoisotopic (exact) mass is 365 g/mol. The van der Waals surface area contributed by atoms with Gasteiger partial charge >= 0.3 is 0 Å². The second-order valence-corrected chi connectivity index (χ2v) is 7.80. The van der Waals surface area contributed by atoms with Crippen LogP contribution < -0.4 is 10.6 Å². The van der Waals surface area contributed by atoms with Crippen molar-refractivity contribution < 1.29 is 9.90 Å². The summed E-state index contributed by atoms with van der Waals surface area (Å²) in [5.41, 5.74) is 3.02. The van der Waals surface area contributed by atoms with Crippen LogP contribution in [0.25, 0.3) is 0 Å². The van der Waals surface area contributed by atoms with Crippen LogP contribution in [0, 0.1) is 0 Å². The number of likely N-dealkylation sites (N-methyl/N-ethyl adjacent to an activating group) is 1. The van der Waals surface area contributed by atoms with Gasteiger partial charge in [0.05, 0.1) is 12.1 Å². The molecule has 2 atom stereocenters. The van der Waals surface area contributed by atoms with Gasteiger partial charge in [-0.2, -0.15) is 0 Å². The van der Waals surface area contributed by atoms with E-state index in [4.69, 9.17) is 0 Å². The molecule has 0 radical (unpaired) electrons. The van der Waals surface area contributed by atoms with Crippen molar-refractivity contribution in [2.45, 2.75) is 37.1 Å². The smallest absolute Gasteiger partial charge is 0.241 e. The number of rotatable bonds is 5. The normalized spacial score (nSPS) is 23.4. The molecule has 1 aliphatic heterocycles. The summed E-state index contributed by atoms with van der Waals surface area (Å²) in [4.78, 5) is 15.7. The van der Waals surface area contributed by atoms with Gasteiger partial charge in [-0.05, 0) is 23.7 Å². The lowest BCUT2D eigenvalue weighted by Gasteiger charge is -2.38. The van der Waals surface area contributed by atoms with E-state index in [0.29, 0.717) is 32.5 Å². The highest BCUT2D eigenvalue weighted by Crippen LogP contribution is 2.35. The average molecular weight is 365 g/mol. The molecule has 3 N–H and O–H groups in total. The van der Waals surface area contributed by atoms with Gasteiger partial charge in [0.2, 0.25) is 5.91 Å². The highest BCUT2D eigenvalue weighted by Gasteiger charge is 2.48. The SMILES string of the molecule is CN(Cc1ccccc1)C1(C(=O)N[C@@H]2CNC[C@H]2O)Cc2ccccc2C1. The maximum atomic E-state index is 13.5. The van der Waals surface area contributed by atoms with Crippen LogP contribution in [-0.2, 0) is 24.2 Å². The molecule has 27 heavy (non-hydrogen) atoms. The Balaban J connectivity index is 1.60. The van der Waals surface area contributed by atoms with Crippen LogP contribution in [-0.4, -0.2) is 53.7 Å². The van der Waals surface area contributed by atoms with Crippen LogP contribution in [0.2, 0.25) is 0 Å². The summed E-state index contributed by atoms with van der Waals surface area (Å²) in [6.45, 7) is 1.84. The van der Waals surface area contributed by atoms with Crippen molar-refractivity contribution in [1.82, 2.24) is 15.5 Å². The maximum absolute atomic E-state index is 13.5. The lowest BCUT2D eigenvalue weighted by Crippen LogP contribution is -2.61. The fraction of sp³-hybridized carbons (Fsp3) is 0.409. The molecule has 0 aromatic heterocycles. The molecule has 1 heterocycles. The molecule has 2 aromatic carbocycles. The minimum absolute atomic E-state index is 0.00452. The number of aliphatic hydroxyl groups is 1. The minimum atomic E-state index is -0.637. The summed E-state index contributed by atoms with van der Waals surface area (Å²) in [6, 6.07) is 18.3. The molecule has 142 valence electrons. The van der Waals surface area contributed by atoms with Gasteiger partial charge in [-0.1, -0.05) is 54.6 Å². The largest absolute Gasteiger partial charge is 0.390 e. The third-order valence-corrected chi connectivity index (χ3v) is 6.00. The van der Waals surface area contributed by atoms with E-state index in [-0.39, 0.29) is 11.9 Å². The number of fused-ring (bicyclic) bond motifs is 1. The fourth-order valence-corrected chi connectivity index (χ4v) is 4.32. The maximum Gasteiger partial charge on any atom is 0.241 e. The molecule has 0 unspecified atom stereocenters. The van der Waals surface area contributed by atoms with E-state index in [2.05, 4.69) is 39.8 Å². The Labute approximate surface area is 160 Å². The topological polar surface area (TPSA) is 64.6 Å². The summed E-state index contributed by atoms with van der Waals surface area (Å²) in [5.74, 6) is 0.00452. The number of β-amino-alcohol motifs (C(OH)–C–C–N with tert-alkyl or cyclic N) is 1. The first-order chi connectivity index (χ1) is 13.1. The van der Waals surface area contributed by atoms with E-state index in [1.54, 1.807) is 0 Å². The molecule has 2 aromatic rings. The molecular formula is C22H27N3O2. The fourth-order valence-electron chi connectivity index (χ4n) is 4.32. The summed E-state index contributed by atoms with van der Waals surface area (Å²) >= 11 is 0. The Morgan fingerprint density at radius 2 is 1.74 bits per heavy atom. The second kappa shape index (κ2) is 7.43. The third-order valence-electron chi connectivity index (χ3n) is 6.00. The number of benzene rings is 2. The van der Waals surface area contributed by atoms with Crippen molar-refractivity contribution in [3.8, 4) is 0 Å². The van der Waals surface area contributed by atoms with Gasteiger partial charge in [-0.3, -0.25) is 9.69 Å². The summed E-state index contributed by atoms with van der Waals surface area (Å²) < 4.78 is 0. The Kier molecular flexibility index (Phi) is 5.00. The number of amides is 1. The van der Waals surface area contributed by atoms with E-state index in [9.17, 15) is 9.90 Å². The quantitative estimate of drug-likeness (QED) is 0.743. The van der Waals surface area contributed by atoms with Crippen LogP contribution in [0.15, 0.2) is 54.6 Å². The van der Waals surface area contributed by atoms with Crippen molar-refractivity contribution in [1.29, 1.82) is 0 Å². The van der Waals surface area contributed by atoms with Crippen molar-refractivity contribution in [2.24, 2.45) is 0 Å². The van der Waals surface area contributed by atoms with Crippen LogP contribution in [0.3, 0.4) is 0 Å². The number of carbonyl (C=O) groups excluding carboxylic acids is 1. The number of hydrogen-bond donors (Lipinski definition) is 3. The first-order valence-corrected chi connectivity index (χ1v) is 9.60. The first-order valence-electron chi connectivity index (χ1n) is 9.60. The molecule has 5 heteroatoms. The van der Waals surface area contributed by atoms with Crippen LogP contribution in [0.1, 0.15) is 16.7 Å². The van der Waals surface area contributed by atoms with Crippen molar-refractivity contribution >= 4 is 5.91 Å². The standard InChI is InChI=1S/C22H27N3O2/c1-25(15-16-7-3-2-4-8-16)22(11-17-9-5-6-10-18(17)12-22)21(27)24-19-13-23-14-20(19)26/h2-10,19-20,23,26H,11-15H2,1H3,(H,24,27)/t19-,20-/m1/s1. The Bertz CT molecular complexity index is 783. The zero-order valence-electron chi connectivity index (χ0n) is 15.7. The summed E-state index contributed by atoms with van der Waals surface area (Å²) in [5, 5.41) is 16.4. The molecule has 4 rings (SSSR count). The zero-order chi connectivity index (χ0) is 18.9. The van der Waals surface area contributed by atoms with Crippen molar-refractivity contribution in [3.05, 3.63) is 71.3 Å². The second-order valence-electron chi connectivity index (χ2n) is 7.80. The van der Waals surface area contributed by atoms with Gasteiger partial charge in [0.25, 0.3) is 0 Å². The first kappa shape index (κ1) is 18.2. The lowest BCUT2D eigenvalue weighted by molar-refractivity contribution is -0.134.